The first-order chi connectivity index (χ1) is 10.8. The van der Waals surface area contributed by atoms with Gasteiger partial charge in [-0.3, -0.25) is 4.79 Å². The van der Waals surface area contributed by atoms with Crippen molar-refractivity contribution >= 4 is 5.91 Å². The molecular formula is C18H23NO4. The number of aliphatic hydroxyl groups is 1. The molecule has 2 rings (SSSR count). The lowest BCUT2D eigenvalue weighted by Gasteiger charge is -2.21. The first kappa shape index (κ1) is 17.1. The third-order valence-corrected chi connectivity index (χ3v) is 3.59. The van der Waals surface area contributed by atoms with Crippen LogP contribution in [0.25, 0.3) is 0 Å². The van der Waals surface area contributed by atoms with E-state index in [2.05, 4.69) is 5.32 Å². The quantitative estimate of drug-likeness (QED) is 0.859. The minimum atomic E-state index is -1.26. The lowest BCUT2D eigenvalue weighted by molar-refractivity contribution is -0.124. The summed E-state index contributed by atoms with van der Waals surface area (Å²) in [5.74, 6) is 1.52. The molecule has 0 aliphatic rings. The second-order valence-electron chi connectivity index (χ2n) is 6.02. The van der Waals surface area contributed by atoms with Gasteiger partial charge in [-0.05, 0) is 51.5 Å². The van der Waals surface area contributed by atoms with Crippen LogP contribution >= 0.6 is 0 Å². The standard InChI is InChI=1S/C18H23NO4/c1-12-5-7-15(13(2)9-12)22-10-17(20)19-11-18(4,21)16-8-6-14(3)23-16/h5-9,21H,10-11H2,1-4H3,(H,19,20). The molecule has 1 unspecified atom stereocenters. The second-order valence-corrected chi connectivity index (χ2v) is 6.02. The molecule has 1 heterocycles. The molecular weight excluding hydrogens is 294 g/mol. The summed E-state index contributed by atoms with van der Waals surface area (Å²) in [4.78, 5) is 11.9. The third kappa shape index (κ3) is 4.60. The Kier molecular flexibility index (Phi) is 5.11. The number of nitrogens with one attached hydrogen (secondary N) is 1. The van der Waals surface area contributed by atoms with E-state index in [0.29, 0.717) is 17.3 Å². The van der Waals surface area contributed by atoms with E-state index >= 15 is 0 Å². The van der Waals surface area contributed by atoms with Crippen LogP contribution in [0.3, 0.4) is 0 Å². The Hall–Kier alpha value is -2.27. The van der Waals surface area contributed by atoms with E-state index in [1.807, 2.05) is 32.0 Å². The zero-order valence-electron chi connectivity index (χ0n) is 14.0. The Morgan fingerprint density at radius 3 is 2.61 bits per heavy atom. The number of hydrogen-bond donors (Lipinski definition) is 2. The number of ether oxygens (including phenoxy) is 1. The van der Waals surface area contributed by atoms with E-state index in [0.717, 1.165) is 11.1 Å². The minimum absolute atomic E-state index is 0.0506. The van der Waals surface area contributed by atoms with Gasteiger partial charge in [-0.2, -0.15) is 0 Å². The summed E-state index contributed by atoms with van der Waals surface area (Å²) in [5.41, 5.74) is 0.865. The first-order valence-electron chi connectivity index (χ1n) is 7.54. The van der Waals surface area contributed by atoms with Crippen LogP contribution in [0.2, 0.25) is 0 Å². The van der Waals surface area contributed by atoms with Crippen molar-refractivity contribution < 1.29 is 19.1 Å². The van der Waals surface area contributed by atoms with Gasteiger partial charge >= 0.3 is 0 Å². The number of furan rings is 1. The van der Waals surface area contributed by atoms with Crippen molar-refractivity contribution in [1.29, 1.82) is 0 Å². The number of carbonyl (C=O) groups excluding carboxylic acids is 1. The molecule has 1 aromatic carbocycles. The van der Waals surface area contributed by atoms with E-state index in [-0.39, 0.29) is 19.1 Å². The minimum Gasteiger partial charge on any atom is -0.484 e. The van der Waals surface area contributed by atoms with E-state index in [1.54, 1.807) is 26.0 Å². The molecule has 1 amide bonds. The maximum absolute atomic E-state index is 11.9. The summed E-state index contributed by atoms with van der Waals surface area (Å²) in [5, 5.41) is 13.0. The third-order valence-electron chi connectivity index (χ3n) is 3.59. The number of aryl methyl sites for hydroxylation is 3. The smallest absolute Gasteiger partial charge is 0.258 e. The number of rotatable bonds is 6. The molecule has 0 radical (unpaired) electrons. The molecule has 5 nitrogen and oxygen atoms in total. The van der Waals surface area contributed by atoms with Gasteiger partial charge < -0.3 is 19.6 Å². The van der Waals surface area contributed by atoms with Gasteiger partial charge in [0.25, 0.3) is 5.91 Å². The normalized spacial score (nSPS) is 13.4. The van der Waals surface area contributed by atoms with Gasteiger partial charge in [0.2, 0.25) is 0 Å². The van der Waals surface area contributed by atoms with Crippen molar-refractivity contribution in [2.75, 3.05) is 13.2 Å². The maximum Gasteiger partial charge on any atom is 0.258 e. The van der Waals surface area contributed by atoms with Crippen LogP contribution in [0.5, 0.6) is 5.75 Å². The molecule has 0 aliphatic heterocycles. The number of hydrogen-bond acceptors (Lipinski definition) is 4. The van der Waals surface area contributed by atoms with Crippen LogP contribution in [0.4, 0.5) is 0 Å². The highest BCUT2D eigenvalue weighted by atomic mass is 16.5. The van der Waals surface area contributed by atoms with Crippen molar-refractivity contribution in [3.63, 3.8) is 0 Å². The van der Waals surface area contributed by atoms with Gasteiger partial charge in [-0.1, -0.05) is 17.7 Å². The SMILES string of the molecule is Cc1ccc(OCC(=O)NCC(C)(O)c2ccc(C)o2)c(C)c1. The Bertz CT molecular complexity index is 688. The monoisotopic (exact) mass is 317 g/mol. The van der Waals surface area contributed by atoms with Gasteiger partial charge in [-0.15, -0.1) is 0 Å². The van der Waals surface area contributed by atoms with Gasteiger partial charge in [0, 0.05) is 0 Å². The van der Waals surface area contributed by atoms with Crippen LogP contribution in [0.15, 0.2) is 34.7 Å². The fraction of sp³-hybridized carbons (Fsp3) is 0.389. The van der Waals surface area contributed by atoms with Crippen molar-refractivity contribution in [1.82, 2.24) is 5.32 Å². The zero-order valence-corrected chi connectivity index (χ0v) is 14.0. The zero-order chi connectivity index (χ0) is 17.0. The molecule has 1 aromatic heterocycles. The largest absolute Gasteiger partial charge is 0.484 e. The highest BCUT2D eigenvalue weighted by molar-refractivity contribution is 5.77. The maximum atomic E-state index is 11.9. The number of carbonyl (C=O) groups is 1. The van der Waals surface area contributed by atoms with Crippen molar-refractivity contribution in [2.24, 2.45) is 0 Å². The molecule has 23 heavy (non-hydrogen) atoms. The lowest BCUT2D eigenvalue weighted by Crippen LogP contribution is -2.40. The molecule has 0 saturated heterocycles. The summed E-state index contributed by atoms with van der Waals surface area (Å²) in [6.07, 6.45) is 0. The first-order valence-corrected chi connectivity index (χ1v) is 7.54. The van der Waals surface area contributed by atoms with Gasteiger partial charge in [0.15, 0.2) is 6.61 Å². The van der Waals surface area contributed by atoms with Crippen LogP contribution in [0, 0.1) is 20.8 Å². The number of amides is 1. The van der Waals surface area contributed by atoms with Gasteiger partial charge in [-0.25, -0.2) is 0 Å². The Morgan fingerprint density at radius 2 is 2.00 bits per heavy atom. The average Bonchev–Trinajstić information content (AvgIpc) is 2.92. The molecule has 5 heteroatoms. The van der Waals surface area contributed by atoms with E-state index < -0.39 is 5.60 Å². The van der Waals surface area contributed by atoms with Crippen LogP contribution in [0.1, 0.15) is 29.6 Å². The second kappa shape index (κ2) is 6.87. The summed E-state index contributed by atoms with van der Waals surface area (Å²) in [7, 11) is 0. The Balaban J connectivity index is 1.85. The van der Waals surface area contributed by atoms with Crippen LogP contribution in [-0.2, 0) is 10.4 Å². The van der Waals surface area contributed by atoms with Crippen molar-refractivity contribution in [2.45, 2.75) is 33.3 Å². The predicted octanol–water partition coefficient (Wildman–Crippen LogP) is 2.61. The lowest BCUT2D eigenvalue weighted by atomic mass is 10.0. The summed E-state index contributed by atoms with van der Waals surface area (Å²) >= 11 is 0. The highest BCUT2D eigenvalue weighted by Crippen LogP contribution is 2.22. The van der Waals surface area contributed by atoms with E-state index in [1.165, 1.54) is 0 Å². The Labute approximate surface area is 136 Å². The van der Waals surface area contributed by atoms with E-state index in [9.17, 15) is 9.90 Å². The fourth-order valence-electron chi connectivity index (χ4n) is 2.24. The predicted molar refractivity (Wildman–Crippen MR) is 87.4 cm³/mol. The van der Waals surface area contributed by atoms with Crippen LogP contribution < -0.4 is 10.1 Å². The Morgan fingerprint density at radius 1 is 1.26 bits per heavy atom. The summed E-state index contributed by atoms with van der Waals surface area (Å²) in [6, 6.07) is 9.25. The molecule has 2 N–H and O–H groups in total. The molecule has 0 aliphatic carbocycles. The number of benzene rings is 1. The molecule has 0 fully saturated rings. The molecule has 0 spiro atoms. The topological polar surface area (TPSA) is 71.7 Å². The molecule has 1 atom stereocenters. The highest BCUT2D eigenvalue weighted by Gasteiger charge is 2.27. The molecule has 2 aromatic rings. The summed E-state index contributed by atoms with van der Waals surface area (Å²) in [6.45, 7) is 7.28. The molecule has 0 saturated carbocycles. The van der Waals surface area contributed by atoms with E-state index in [4.69, 9.17) is 9.15 Å². The van der Waals surface area contributed by atoms with Crippen molar-refractivity contribution in [3.8, 4) is 5.75 Å². The fourth-order valence-corrected chi connectivity index (χ4v) is 2.24. The van der Waals surface area contributed by atoms with Gasteiger partial charge in [0.05, 0.1) is 6.54 Å². The average molecular weight is 317 g/mol. The molecule has 124 valence electrons. The van der Waals surface area contributed by atoms with Crippen LogP contribution in [-0.4, -0.2) is 24.2 Å². The van der Waals surface area contributed by atoms with Gasteiger partial charge in [0.1, 0.15) is 22.9 Å². The molecule has 0 bridgehead atoms. The van der Waals surface area contributed by atoms with Crippen molar-refractivity contribution in [3.05, 3.63) is 53.0 Å². The summed E-state index contributed by atoms with van der Waals surface area (Å²) < 4.78 is 10.9.